The highest BCUT2D eigenvalue weighted by Crippen LogP contribution is 2.14. The lowest BCUT2D eigenvalue weighted by atomic mass is 10.2. The number of H-pyrrole nitrogens is 1. The molecule has 0 aliphatic carbocycles. The molecular weight excluding hydrogens is 340 g/mol. The smallest absolute Gasteiger partial charge is 0.270 e. The van der Waals surface area contributed by atoms with Crippen molar-refractivity contribution in [2.75, 3.05) is 5.43 Å². The number of benzene rings is 1. The van der Waals surface area contributed by atoms with E-state index in [2.05, 4.69) is 36.4 Å². The molecule has 0 spiro atoms. The lowest BCUT2D eigenvalue weighted by Gasteiger charge is -1.99. The Balaban J connectivity index is 1.79. The molecule has 1 aromatic carbocycles. The quantitative estimate of drug-likeness (QED) is 0.564. The molecule has 0 bridgehead atoms. The van der Waals surface area contributed by atoms with Crippen molar-refractivity contribution in [2.45, 2.75) is 0 Å². The van der Waals surface area contributed by atoms with Gasteiger partial charge in [0.15, 0.2) is 0 Å². The highest BCUT2D eigenvalue weighted by Gasteiger charge is 2.03. The number of aromatic nitrogens is 2. The van der Waals surface area contributed by atoms with Crippen LogP contribution in [0.1, 0.15) is 5.56 Å². The number of thiophene rings is 1. The van der Waals surface area contributed by atoms with E-state index < -0.39 is 0 Å². The molecule has 0 aliphatic rings. The van der Waals surface area contributed by atoms with Gasteiger partial charge >= 0.3 is 0 Å². The number of anilines is 1. The van der Waals surface area contributed by atoms with E-state index in [-0.39, 0.29) is 5.56 Å². The Morgan fingerprint density at radius 2 is 2.10 bits per heavy atom. The van der Waals surface area contributed by atoms with Crippen LogP contribution in [-0.2, 0) is 0 Å². The Kier molecular flexibility index (Phi) is 3.62. The first kappa shape index (κ1) is 13.0. The Bertz CT molecular complexity index is 822. The lowest BCUT2D eigenvalue weighted by molar-refractivity contribution is 1.13. The zero-order chi connectivity index (χ0) is 13.9. The van der Waals surface area contributed by atoms with Crippen molar-refractivity contribution in [1.82, 2.24) is 9.97 Å². The van der Waals surface area contributed by atoms with Gasteiger partial charge in [-0.25, -0.2) is 10.4 Å². The van der Waals surface area contributed by atoms with Crippen molar-refractivity contribution in [3.8, 4) is 0 Å². The summed E-state index contributed by atoms with van der Waals surface area (Å²) in [4.78, 5) is 18.7. The fourth-order valence-electron chi connectivity index (χ4n) is 1.64. The zero-order valence-electron chi connectivity index (χ0n) is 10.1. The first-order valence-corrected chi connectivity index (χ1v) is 7.42. The maximum Gasteiger partial charge on any atom is 0.270 e. The molecule has 0 unspecified atom stereocenters. The largest absolute Gasteiger partial charge is 0.290 e. The van der Waals surface area contributed by atoms with Gasteiger partial charge in [-0.05, 0) is 29.1 Å². The number of hydrogen-bond acceptors (Lipinski definition) is 5. The Hall–Kier alpha value is -1.99. The van der Waals surface area contributed by atoms with Crippen LogP contribution in [0, 0.1) is 0 Å². The number of fused-ring (bicyclic) bond motifs is 1. The van der Waals surface area contributed by atoms with Crippen LogP contribution in [0.25, 0.3) is 10.2 Å². The Labute approximate surface area is 126 Å². The van der Waals surface area contributed by atoms with Crippen molar-refractivity contribution in [3.63, 3.8) is 0 Å². The molecule has 0 radical (unpaired) electrons. The van der Waals surface area contributed by atoms with Crippen LogP contribution in [0.5, 0.6) is 0 Å². The fraction of sp³-hybridized carbons (Fsp3) is 0. The normalized spacial score (nSPS) is 11.2. The molecule has 0 atom stereocenters. The van der Waals surface area contributed by atoms with Crippen LogP contribution in [0.15, 0.2) is 50.1 Å². The third-order valence-corrected chi connectivity index (χ3v) is 4.00. The van der Waals surface area contributed by atoms with Crippen LogP contribution in [0.2, 0.25) is 0 Å². The standard InChI is InChI=1S/C13H9BrN4OS/c14-9-3-1-8(2-4-9)7-15-18-13-16-10-5-6-20-11(10)12(19)17-13/h1-7H,(H2,16,17,18,19)/b15-7+. The van der Waals surface area contributed by atoms with E-state index in [1.807, 2.05) is 29.6 Å². The van der Waals surface area contributed by atoms with Gasteiger partial charge in [-0.2, -0.15) is 5.10 Å². The molecule has 2 aromatic heterocycles. The van der Waals surface area contributed by atoms with Gasteiger partial charge in [-0.15, -0.1) is 11.3 Å². The van der Waals surface area contributed by atoms with E-state index in [1.165, 1.54) is 11.3 Å². The number of rotatable bonds is 3. The minimum atomic E-state index is -0.161. The minimum Gasteiger partial charge on any atom is -0.290 e. The van der Waals surface area contributed by atoms with Crippen molar-refractivity contribution >= 4 is 49.6 Å². The van der Waals surface area contributed by atoms with Gasteiger partial charge in [-0.3, -0.25) is 9.78 Å². The van der Waals surface area contributed by atoms with Gasteiger partial charge in [0, 0.05) is 4.47 Å². The average molecular weight is 349 g/mol. The van der Waals surface area contributed by atoms with Gasteiger partial charge in [0.25, 0.3) is 5.56 Å². The molecule has 2 heterocycles. The fourth-order valence-corrected chi connectivity index (χ4v) is 2.63. The van der Waals surface area contributed by atoms with Gasteiger partial charge in [0.1, 0.15) is 4.70 Å². The summed E-state index contributed by atoms with van der Waals surface area (Å²) in [5, 5.41) is 5.89. The first-order valence-electron chi connectivity index (χ1n) is 5.74. The van der Waals surface area contributed by atoms with Gasteiger partial charge < -0.3 is 0 Å². The molecule has 3 rings (SSSR count). The van der Waals surface area contributed by atoms with Crippen LogP contribution in [0.4, 0.5) is 5.95 Å². The number of nitrogens with zero attached hydrogens (tertiary/aromatic N) is 2. The van der Waals surface area contributed by atoms with Crippen molar-refractivity contribution in [1.29, 1.82) is 0 Å². The third kappa shape index (κ3) is 2.78. The average Bonchev–Trinajstić information content (AvgIpc) is 2.90. The van der Waals surface area contributed by atoms with Gasteiger partial charge in [0.2, 0.25) is 5.95 Å². The summed E-state index contributed by atoms with van der Waals surface area (Å²) in [6.07, 6.45) is 1.66. The number of nitrogens with one attached hydrogen (secondary N) is 2. The minimum absolute atomic E-state index is 0.161. The van der Waals surface area contributed by atoms with E-state index in [0.29, 0.717) is 16.2 Å². The summed E-state index contributed by atoms with van der Waals surface area (Å²) in [6, 6.07) is 9.51. The lowest BCUT2D eigenvalue weighted by Crippen LogP contribution is -2.09. The number of hydrogen-bond donors (Lipinski definition) is 2. The molecule has 0 aliphatic heterocycles. The molecule has 5 nitrogen and oxygen atoms in total. The highest BCUT2D eigenvalue weighted by atomic mass is 79.9. The summed E-state index contributed by atoms with van der Waals surface area (Å²) >= 11 is 4.74. The van der Waals surface area contributed by atoms with E-state index in [1.54, 1.807) is 12.3 Å². The topological polar surface area (TPSA) is 70.1 Å². The SMILES string of the molecule is O=c1[nH]c(N/N=C/c2ccc(Br)cc2)nc2ccsc12. The predicted octanol–water partition coefficient (Wildman–Crippen LogP) is 3.19. The molecule has 2 N–H and O–H groups in total. The summed E-state index contributed by atoms with van der Waals surface area (Å²) in [7, 11) is 0. The second-order valence-corrected chi connectivity index (χ2v) is 5.80. The summed E-state index contributed by atoms with van der Waals surface area (Å²) in [5.41, 5.74) is 4.18. The monoisotopic (exact) mass is 348 g/mol. The van der Waals surface area contributed by atoms with Crippen molar-refractivity contribution < 1.29 is 0 Å². The van der Waals surface area contributed by atoms with E-state index in [0.717, 1.165) is 10.0 Å². The second kappa shape index (κ2) is 5.56. The van der Waals surface area contributed by atoms with Crippen LogP contribution in [-0.4, -0.2) is 16.2 Å². The van der Waals surface area contributed by atoms with E-state index >= 15 is 0 Å². The molecule has 0 saturated heterocycles. The van der Waals surface area contributed by atoms with Crippen molar-refractivity contribution in [2.24, 2.45) is 5.10 Å². The number of halogens is 1. The maximum atomic E-state index is 11.7. The van der Waals surface area contributed by atoms with Gasteiger partial charge in [-0.1, -0.05) is 28.1 Å². The summed E-state index contributed by atoms with van der Waals surface area (Å²) in [5.74, 6) is 0.328. The summed E-state index contributed by atoms with van der Waals surface area (Å²) in [6.45, 7) is 0. The summed E-state index contributed by atoms with van der Waals surface area (Å²) < 4.78 is 1.63. The predicted molar refractivity (Wildman–Crippen MR) is 85.6 cm³/mol. The van der Waals surface area contributed by atoms with Gasteiger partial charge in [0.05, 0.1) is 11.7 Å². The Morgan fingerprint density at radius 1 is 1.30 bits per heavy atom. The first-order chi connectivity index (χ1) is 9.72. The molecule has 7 heteroatoms. The molecule has 0 saturated carbocycles. The van der Waals surface area contributed by atoms with Crippen LogP contribution >= 0.6 is 27.3 Å². The maximum absolute atomic E-state index is 11.7. The third-order valence-electron chi connectivity index (χ3n) is 2.57. The molecule has 20 heavy (non-hydrogen) atoms. The highest BCUT2D eigenvalue weighted by molar-refractivity contribution is 9.10. The van der Waals surface area contributed by atoms with E-state index in [4.69, 9.17) is 0 Å². The molecule has 0 amide bonds. The second-order valence-electron chi connectivity index (χ2n) is 3.97. The van der Waals surface area contributed by atoms with Crippen molar-refractivity contribution in [3.05, 3.63) is 56.1 Å². The number of aromatic amines is 1. The van der Waals surface area contributed by atoms with Crippen LogP contribution < -0.4 is 11.0 Å². The molecule has 0 fully saturated rings. The molecule has 100 valence electrons. The molecular formula is C13H9BrN4OS. The van der Waals surface area contributed by atoms with E-state index in [9.17, 15) is 4.79 Å². The number of hydrazone groups is 1. The van der Waals surface area contributed by atoms with Crippen LogP contribution in [0.3, 0.4) is 0 Å². The zero-order valence-corrected chi connectivity index (χ0v) is 12.5. The Morgan fingerprint density at radius 3 is 2.90 bits per heavy atom. The molecule has 3 aromatic rings.